The van der Waals surface area contributed by atoms with Crippen molar-refractivity contribution in [1.82, 2.24) is 4.90 Å². The molecule has 2 atom stereocenters. The quantitative estimate of drug-likeness (QED) is 0.743. The van der Waals surface area contributed by atoms with E-state index < -0.39 is 0 Å². The lowest BCUT2D eigenvalue weighted by molar-refractivity contribution is -0.122. The molecule has 1 saturated carbocycles. The zero-order valence-electron chi connectivity index (χ0n) is 10.5. The van der Waals surface area contributed by atoms with Gasteiger partial charge in [-0.2, -0.15) is 0 Å². The molecule has 1 saturated heterocycles. The molecule has 0 aromatic rings. The zero-order chi connectivity index (χ0) is 12.3. The number of rotatable bonds is 2. The van der Waals surface area contributed by atoms with Crippen LogP contribution in [0.3, 0.4) is 0 Å². The molecule has 0 bridgehead atoms. The van der Waals surface area contributed by atoms with E-state index in [1.54, 1.807) is 4.90 Å². The second-order valence-electron chi connectivity index (χ2n) is 4.92. The molecule has 17 heavy (non-hydrogen) atoms. The SMILES string of the molecule is CCOC(=O)N1CCCCC1C1CCCC1=O. The summed E-state index contributed by atoms with van der Waals surface area (Å²) in [7, 11) is 0. The third-order valence-electron chi connectivity index (χ3n) is 3.87. The van der Waals surface area contributed by atoms with E-state index >= 15 is 0 Å². The van der Waals surface area contributed by atoms with Crippen LogP contribution in [0.2, 0.25) is 0 Å². The van der Waals surface area contributed by atoms with Crippen molar-refractivity contribution in [3.63, 3.8) is 0 Å². The maximum absolute atomic E-state index is 11.9. The van der Waals surface area contributed by atoms with Crippen molar-refractivity contribution in [2.24, 2.45) is 5.92 Å². The van der Waals surface area contributed by atoms with Gasteiger partial charge in [-0.25, -0.2) is 4.79 Å². The number of nitrogens with zero attached hydrogens (tertiary/aromatic N) is 1. The van der Waals surface area contributed by atoms with E-state index in [2.05, 4.69) is 0 Å². The number of carbonyl (C=O) groups is 2. The number of Topliss-reactive ketones (excluding diaryl/α,β-unsaturated/α-hetero) is 1. The number of ketones is 1. The van der Waals surface area contributed by atoms with Crippen LogP contribution in [0.15, 0.2) is 0 Å². The average molecular weight is 239 g/mol. The molecule has 96 valence electrons. The summed E-state index contributed by atoms with van der Waals surface area (Å²) in [6, 6.07) is 0.0952. The van der Waals surface area contributed by atoms with Crippen molar-refractivity contribution >= 4 is 11.9 Å². The Kier molecular flexibility index (Phi) is 4.02. The Morgan fingerprint density at radius 3 is 2.82 bits per heavy atom. The van der Waals surface area contributed by atoms with Gasteiger partial charge in [-0.3, -0.25) is 4.79 Å². The largest absolute Gasteiger partial charge is 0.450 e. The molecule has 1 heterocycles. The zero-order valence-corrected chi connectivity index (χ0v) is 10.5. The minimum Gasteiger partial charge on any atom is -0.450 e. The van der Waals surface area contributed by atoms with Gasteiger partial charge in [-0.15, -0.1) is 0 Å². The number of ether oxygens (including phenoxy) is 1. The lowest BCUT2D eigenvalue weighted by Crippen LogP contribution is -2.48. The maximum Gasteiger partial charge on any atom is 0.410 e. The lowest BCUT2D eigenvalue weighted by atomic mass is 9.89. The molecule has 4 heteroatoms. The van der Waals surface area contributed by atoms with Gasteiger partial charge in [0, 0.05) is 24.9 Å². The third-order valence-corrected chi connectivity index (χ3v) is 3.87. The summed E-state index contributed by atoms with van der Waals surface area (Å²) in [4.78, 5) is 25.5. The van der Waals surface area contributed by atoms with Crippen LogP contribution in [0.25, 0.3) is 0 Å². The van der Waals surface area contributed by atoms with E-state index in [1.807, 2.05) is 6.92 Å². The molecule has 0 aromatic carbocycles. The highest BCUT2D eigenvalue weighted by Gasteiger charge is 2.39. The molecular weight excluding hydrogens is 218 g/mol. The van der Waals surface area contributed by atoms with E-state index in [4.69, 9.17) is 4.74 Å². The standard InChI is InChI=1S/C13H21NO3/c1-2-17-13(16)14-9-4-3-7-11(14)10-6-5-8-12(10)15/h10-11H,2-9H2,1H3. The van der Waals surface area contributed by atoms with Crippen molar-refractivity contribution in [2.45, 2.75) is 51.5 Å². The number of piperidine rings is 1. The summed E-state index contributed by atoms with van der Waals surface area (Å²) in [5, 5.41) is 0. The van der Waals surface area contributed by atoms with Crippen LogP contribution in [0.1, 0.15) is 45.4 Å². The predicted octanol–water partition coefficient (Wildman–Crippen LogP) is 2.37. The fraction of sp³-hybridized carbons (Fsp3) is 0.846. The first kappa shape index (κ1) is 12.4. The van der Waals surface area contributed by atoms with Crippen molar-refractivity contribution in [1.29, 1.82) is 0 Å². The van der Waals surface area contributed by atoms with Gasteiger partial charge in [-0.05, 0) is 39.0 Å². The predicted molar refractivity (Wildman–Crippen MR) is 63.7 cm³/mol. The Hall–Kier alpha value is -1.06. The summed E-state index contributed by atoms with van der Waals surface area (Å²) in [5.74, 6) is 0.408. The number of amides is 1. The van der Waals surface area contributed by atoms with E-state index in [1.165, 1.54) is 0 Å². The van der Waals surface area contributed by atoms with Crippen LogP contribution in [-0.2, 0) is 9.53 Å². The highest BCUT2D eigenvalue weighted by atomic mass is 16.6. The first-order valence-electron chi connectivity index (χ1n) is 6.70. The number of carbonyl (C=O) groups excluding carboxylic acids is 2. The van der Waals surface area contributed by atoms with Gasteiger partial charge in [0.25, 0.3) is 0 Å². The van der Waals surface area contributed by atoms with Crippen LogP contribution in [0.4, 0.5) is 4.79 Å². The smallest absolute Gasteiger partial charge is 0.410 e. The molecular formula is C13H21NO3. The highest BCUT2D eigenvalue weighted by molar-refractivity contribution is 5.84. The van der Waals surface area contributed by atoms with Crippen molar-refractivity contribution < 1.29 is 14.3 Å². The van der Waals surface area contributed by atoms with E-state index in [0.29, 0.717) is 18.8 Å². The Bertz CT molecular complexity index is 303. The monoisotopic (exact) mass is 239 g/mol. The molecule has 2 unspecified atom stereocenters. The minimum absolute atomic E-state index is 0.0692. The normalized spacial score (nSPS) is 29.5. The summed E-state index contributed by atoms with van der Waals surface area (Å²) in [6.45, 7) is 2.96. The first-order valence-corrected chi connectivity index (χ1v) is 6.70. The molecule has 2 aliphatic rings. The van der Waals surface area contributed by atoms with Crippen molar-refractivity contribution in [2.75, 3.05) is 13.2 Å². The summed E-state index contributed by atoms with van der Waals surface area (Å²) in [6.07, 6.45) is 5.47. The molecule has 0 radical (unpaired) electrons. The van der Waals surface area contributed by atoms with Gasteiger partial charge in [-0.1, -0.05) is 0 Å². The highest BCUT2D eigenvalue weighted by Crippen LogP contribution is 2.32. The van der Waals surface area contributed by atoms with E-state index in [9.17, 15) is 9.59 Å². The van der Waals surface area contributed by atoms with Gasteiger partial charge >= 0.3 is 6.09 Å². The number of hydrogen-bond acceptors (Lipinski definition) is 3. The Morgan fingerprint density at radius 2 is 2.18 bits per heavy atom. The number of hydrogen-bond donors (Lipinski definition) is 0. The van der Waals surface area contributed by atoms with Gasteiger partial charge < -0.3 is 9.64 Å². The maximum atomic E-state index is 11.9. The number of likely N-dealkylation sites (tertiary alicyclic amines) is 1. The van der Waals surface area contributed by atoms with Gasteiger partial charge in [0.2, 0.25) is 0 Å². The van der Waals surface area contributed by atoms with E-state index in [-0.39, 0.29) is 18.1 Å². The molecule has 2 fully saturated rings. The van der Waals surface area contributed by atoms with Crippen molar-refractivity contribution in [3.8, 4) is 0 Å². The summed E-state index contributed by atoms with van der Waals surface area (Å²) >= 11 is 0. The van der Waals surface area contributed by atoms with Crippen LogP contribution in [0, 0.1) is 5.92 Å². The van der Waals surface area contributed by atoms with Gasteiger partial charge in [0.05, 0.1) is 6.61 Å². The molecule has 4 nitrogen and oxygen atoms in total. The van der Waals surface area contributed by atoms with Crippen LogP contribution >= 0.6 is 0 Å². The third kappa shape index (κ3) is 2.61. The Balaban J connectivity index is 2.06. The van der Waals surface area contributed by atoms with Gasteiger partial charge in [0.15, 0.2) is 0 Å². The fourth-order valence-corrected chi connectivity index (χ4v) is 3.06. The van der Waals surface area contributed by atoms with E-state index in [0.717, 1.165) is 38.6 Å². The molecule has 1 amide bonds. The first-order chi connectivity index (χ1) is 8.24. The second-order valence-corrected chi connectivity index (χ2v) is 4.92. The lowest BCUT2D eigenvalue weighted by Gasteiger charge is -2.37. The topological polar surface area (TPSA) is 46.6 Å². The second kappa shape index (κ2) is 5.52. The molecule has 0 N–H and O–H groups in total. The molecule has 1 aliphatic carbocycles. The van der Waals surface area contributed by atoms with Crippen LogP contribution < -0.4 is 0 Å². The molecule has 2 rings (SSSR count). The molecule has 1 aliphatic heterocycles. The Labute approximate surface area is 102 Å². The van der Waals surface area contributed by atoms with Crippen LogP contribution in [0.5, 0.6) is 0 Å². The summed E-state index contributed by atoms with van der Waals surface area (Å²) in [5.41, 5.74) is 0. The molecule has 0 spiro atoms. The minimum atomic E-state index is -0.239. The fourth-order valence-electron chi connectivity index (χ4n) is 3.06. The molecule has 0 aromatic heterocycles. The van der Waals surface area contributed by atoms with Crippen molar-refractivity contribution in [3.05, 3.63) is 0 Å². The summed E-state index contributed by atoms with van der Waals surface area (Å²) < 4.78 is 5.08. The van der Waals surface area contributed by atoms with Gasteiger partial charge in [0.1, 0.15) is 5.78 Å². The average Bonchev–Trinajstić information content (AvgIpc) is 2.76. The Morgan fingerprint density at radius 1 is 1.35 bits per heavy atom. The van der Waals surface area contributed by atoms with Crippen LogP contribution in [-0.4, -0.2) is 36.0 Å².